The van der Waals surface area contributed by atoms with E-state index in [4.69, 9.17) is 14.2 Å². The number of hydrogen-bond acceptors (Lipinski definition) is 7. The van der Waals surface area contributed by atoms with Gasteiger partial charge in [-0.3, -0.25) is 0 Å². The van der Waals surface area contributed by atoms with Crippen LogP contribution in [0.5, 0.6) is 0 Å². The van der Waals surface area contributed by atoms with E-state index in [9.17, 15) is 16.8 Å². The van der Waals surface area contributed by atoms with E-state index >= 15 is 0 Å². The van der Waals surface area contributed by atoms with Crippen molar-refractivity contribution in [3.05, 3.63) is 0 Å². The molecule has 0 aromatic heterocycles. The molecule has 10 heteroatoms. The van der Waals surface area contributed by atoms with E-state index in [1.165, 1.54) is 14.2 Å². The molecule has 20 heavy (non-hydrogen) atoms. The summed E-state index contributed by atoms with van der Waals surface area (Å²) in [5, 5.41) is 0. The number of likely N-dealkylation sites (N-methyl/N-ethyl adjacent to an activating group) is 1. The highest BCUT2D eigenvalue weighted by Crippen LogP contribution is 1.99. The minimum atomic E-state index is -3.50. The highest BCUT2D eigenvalue weighted by Gasteiger charge is 2.17. The minimum Gasteiger partial charge on any atom is -0.382 e. The number of methoxy groups -OCH3 is 1. The van der Waals surface area contributed by atoms with Gasteiger partial charge in [-0.05, 0) is 0 Å². The van der Waals surface area contributed by atoms with Crippen molar-refractivity contribution < 1.29 is 31.0 Å². The quantitative estimate of drug-likeness (QED) is 0.419. The molecule has 0 saturated heterocycles. The van der Waals surface area contributed by atoms with Gasteiger partial charge in [0.2, 0.25) is 10.0 Å². The number of nitrogens with zero attached hydrogens (tertiary/aromatic N) is 1. The fourth-order valence-corrected chi connectivity index (χ4v) is 2.32. The van der Waals surface area contributed by atoms with E-state index in [2.05, 4.69) is 0 Å². The van der Waals surface area contributed by atoms with Gasteiger partial charge in [-0.2, -0.15) is 0 Å². The molecule has 0 spiro atoms. The smallest absolute Gasteiger partial charge is 0.238 e. The van der Waals surface area contributed by atoms with Crippen molar-refractivity contribution in [3.63, 3.8) is 0 Å². The normalized spacial score (nSPS) is 13.0. The van der Waals surface area contributed by atoms with Crippen LogP contribution in [0.25, 0.3) is 0 Å². The van der Waals surface area contributed by atoms with Crippen LogP contribution in [-0.2, 0) is 34.1 Å². The molecule has 0 aromatic rings. The summed E-state index contributed by atoms with van der Waals surface area (Å²) in [6.07, 6.45) is 1.12. The van der Waals surface area contributed by atoms with Crippen molar-refractivity contribution in [2.75, 3.05) is 65.1 Å². The Labute approximate surface area is 121 Å². The van der Waals surface area contributed by atoms with E-state index in [1.54, 1.807) is 0 Å². The molecule has 0 atom stereocenters. The lowest BCUT2D eigenvalue weighted by molar-refractivity contribution is 0.0904. The first kappa shape index (κ1) is 19.7. The Morgan fingerprint density at radius 2 is 1.60 bits per heavy atom. The van der Waals surface area contributed by atoms with Crippen molar-refractivity contribution in [2.24, 2.45) is 0 Å². The molecule has 122 valence electrons. The number of ether oxygens (including phenoxy) is 3. The SMILES string of the molecule is COCCOCS(=O)(=O)N(C)CCOCCS(C)(=O)=O. The first-order valence-electron chi connectivity index (χ1n) is 5.95. The summed E-state index contributed by atoms with van der Waals surface area (Å²) in [5.74, 6) is -0.500. The number of sulfonamides is 1. The van der Waals surface area contributed by atoms with Gasteiger partial charge in [0, 0.05) is 27.0 Å². The molecule has 0 rings (SSSR count). The summed E-state index contributed by atoms with van der Waals surface area (Å²) in [6.45, 7) is 0.850. The highest BCUT2D eigenvalue weighted by molar-refractivity contribution is 7.90. The van der Waals surface area contributed by atoms with Gasteiger partial charge >= 0.3 is 0 Å². The molecular weight excluding hydrogens is 310 g/mol. The lowest BCUT2D eigenvalue weighted by atomic mass is 10.7. The highest BCUT2D eigenvalue weighted by atomic mass is 32.2. The maximum atomic E-state index is 11.7. The summed E-state index contributed by atoms with van der Waals surface area (Å²) in [7, 11) is -3.65. The van der Waals surface area contributed by atoms with Crippen molar-refractivity contribution in [2.45, 2.75) is 0 Å². The number of sulfone groups is 1. The van der Waals surface area contributed by atoms with E-state index in [0.717, 1.165) is 10.6 Å². The Bertz CT molecular complexity index is 446. The van der Waals surface area contributed by atoms with Crippen LogP contribution in [0, 0.1) is 0 Å². The molecular formula is C10H23NO7S2. The Hall–Kier alpha value is -0.260. The Balaban J connectivity index is 3.86. The van der Waals surface area contributed by atoms with Crippen molar-refractivity contribution in [3.8, 4) is 0 Å². The Kier molecular flexibility index (Phi) is 9.51. The van der Waals surface area contributed by atoms with E-state index in [0.29, 0.717) is 6.61 Å². The first-order chi connectivity index (χ1) is 9.19. The second-order valence-corrected chi connectivity index (χ2v) is 8.48. The Morgan fingerprint density at radius 3 is 2.15 bits per heavy atom. The molecule has 0 aliphatic carbocycles. The zero-order chi connectivity index (χ0) is 15.6. The van der Waals surface area contributed by atoms with Crippen LogP contribution in [0.3, 0.4) is 0 Å². The van der Waals surface area contributed by atoms with Crippen LogP contribution >= 0.6 is 0 Å². The van der Waals surface area contributed by atoms with Gasteiger partial charge in [-0.1, -0.05) is 0 Å². The summed E-state index contributed by atoms with van der Waals surface area (Å²) in [6, 6.07) is 0. The predicted octanol–water partition coefficient (Wildman–Crippen LogP) is -1.07. The van der Waals surface area contributed by atoms with Crippen LogP contribution in [0.1, 0.15) is 0 Å². The van der Waals surface area contributed by atoms with Gasteiger partial charge in [0.15, 0.2) is 5.94 Å². The lowest BCUT2D eigenvalue weighted by Gasteiger charge is -2.17. The van der Waals surface area contributed by atoms with Gasteiger partial charge in [0.25, 0.3) is 0 Å². The van der Waals surface area contributed by atoms with Crippen LogP contribution in [0.15, 0.2) is 0 Å². The van der Waals surface area contributed by atoms with E-state index < -0.39 is 25.8 Å². The van der Waals surface area contributed by atoms with E-state index in [1.807, 2.05) is 0 Å². The van der Waals surface area contributed by atoms with E-state index in [-0.39, 0.29) is 32.1 Å². The second kappa shape index (κ2) is 9.64. The topological polar surface area (TPSA) is 99.2 Å². The molecule has 8 nitrogen and oxygen atoms in total. The largest absolute Gasteiger partial charge is 0.382 e. The molecule has 0 fully saturated rings. The molecule has 0 saturated carbocycles. The molecule has 0 N–H and O–H groups in total. The average molecular weight is 333 g/mol. The standard InChI is InChI=1S/C10H23NO7S2/c1-11(4-5-17-8-9-19(3,12)13)20(14,15)10-18-7-6-16-2/h4-10H2,1-3H3. The first-order valence-corrected chi connectivity index (χ1v) is 9.62. The zero-order valence-corrected chi connectivity index (χ0v) is 13.7. The van der Waals surface area contributed by atoms with Gasteiger partial charge in [-0.25, -0.2) is 21.1 Å². The van der Waals surface area contributed by atoms with Gasteiger partial charge < -0.3 is 14.2 Å². The summed E-state index contributed by atoms with van der Waals surface area (Å²) in [5.41, 5.74) is 0. The molecule has 0 amide bonds. The van der Waals surface area contributed by atoms with Crippen LogP contribution in [0.2, 0.25) is 0 Å². The molecule has 0 heterocycles. The predicted molar refractivity (Wildman–Crippen MR) is 74.8 cm³/mol. The summed E-state index contributed by atoms with van der Waals surface area (Å²) >= 11 is 0. The summed E-state index contributed by atoms with van der Waals surface area (Å²) in [4.78, 5) is 0. The molecule has 0 bridgehead atoms. The van der Waals surface area contributed by atoms with Crippen LogP contribution in [-0.4, -0.2) is 86.2 Å². The molecule has 0 aliphatic heterocycles. The third-order valence-corrected chi connectivity index (χ3v) is 4.79. The van der Waals surface area contributed by atoms with Crippen molar-refractivity contribution >= 4 is 19.9 Å². The van der Waals surface area contributed by atoms with Gasteiger partial charge in [-0.15, -0.1) is 0 Å². The Morgan fingerprint density at radius 1 is 0.950 bits per heavy atom. The molecule has 0 unspecified atom stereocenters. The third-order valence-electron chi connectivity index (χ3n) is 2.29. The minimum absolute atomic E-state index is 0.0526. The van der Waals surface area contributed by atoms with Crippen molar-refractivity contribution in [1.29, 1.82) is 0 Å². The number of rotatable bonds is 12. The second-order valence-electron chi connectivity index (χ2n) is 4.19. The fraction of sp³-hybridized carbons (Fsp3) is 1.00. The molecule has 0 aromatic carbocycles. The third kappa shape index (κ3) is 10.5. The van der Waals surface area contributed by atoms with Crippen LogP contribution < -0.4 is 0 Å². The fourth-order valence-electron chi connectivity index (χ4n) is 1.04. The molecule has 0 aliphatic rings. The van der Waals surface area contributed by atoms with Crippen LogP contribution in [0.4, 0.5) is 0 Å². The molecule has 0 radical (unpaired) electrons. The van der Waals surface area contributed by atoms with Gasteiger partial charge in [0.05, 0.1) is 32.2 Å². The maximum Gasteiger partial charge on any atom is 0.238 e. The zero-order valence-electron chi connectivity index (χ0n) is 12.1. The van der Waals surface area contributed by atoms with Gasteiger partial charge in [0.1, 0.15) is 9.84 Å². The summed E-state index contributed by atoms with van der Waals surface area (Å²) < 4.78 is 61.0. The lowest BCUT2D eigenvalue weighted by Crippen LogP contribution is -2.33. The number of hydrogen-bond donors (Lipinski definition) is 0. The average Bonchev–Trinajstić information content (AvgIpc) is 2.32. The maximum absolute atomic E-state index is 11.7. The van der Waals surface area contributed by atoms with Crippen molar-refractivity contribution in [1.82, 2.24) is 4.31 Å². The monoisotopic (exact) mass is 333 g/mol.